The van der Waals surface area contributed by atoms with E-state index in [9.17, 15) is 4.79 Å². The summed E-state index contributed by atoms with van der Waals surface area (Å²) in [4.78, 5) is 22.5. The minimum Gasteiger partial charge on any atom is -0.299 e. The number of alkyl halides is 6. The molecule has 0 aliphatic carbocycles. The Hall–Kier alpha value is -0.620. The molecule has 0 saturated carbocycles. The number of hydrogen-bond donors (Lipinski definition) is 0. The van der Waals surface area contributed by atoms with Gasteiger partial charge in [-0.25, -0.2) is 15.0 Å². The van der Waals surface area contributed by atoms with Gasteiger partial charge in [0.2, 0.25) is 7.59 Å². The van der Waals surface area contributed by atoms with Crippen molar-refractivity contribution in [2.24, 2.45) is 0 Å². The van der Waals surface area contributed by atoms with Crippen LogP contribution in [0.2, 0.25) is 0 Å². The number of aromatic nitrogens is 3. The van der Waals surface area contributed by atoms with Gasteiger partial charge in [-0.2, -0.15) is 0 Å². The van der Waals surface area contributed by atoms with E-state index in [2.05, 4.69) is 15.0 Å². The van der Waals surface area contributed by atoms with Crippen LogP contribution in [0.4, 0.5) is 0 Å². The lowest BCUT2D eigenvalue weighted by Crippen LogP contribution is -2.16. The highest BCUT2D eigenvalue weighted by Gasteiger charge is 2.33. The first-order valence-corrected chi connectivity index (χ1v) is 8.51. The Morgan fingerprint density at radius 1 is 0.792 bits per heavy atom. The molecule has 2 aromatic rings. The van der Waals surface area contributed by atoms with Gasteiger partial charge in [0.15, 0.2) is 17.5 Å². The van der Waals surface area contributed by atoms with Crippen molar-refractivity contribution in [1.82, 2.24) is 15.0 Å². The van der Waals surface area contributed by atoms with E-state index in [0.717, 1.165) is 5.56 Å². The molecule has 0 N–H and O–H groups in total. The molecular formula is C14H7Cl6N3O. The van der Waals surface area contributed by atoms with Crippen LogP contribution in [-0.4, -0.2) is 21.2 Å². The average molecular weight is 446 g/mol. The topological polar surface area (TPSA) is 55.7 Å². The second kappa shape index (κ2) is 7.73. The van der Waals surface area contributed by atoms with E-state index in [1.165, 1.54) is 6.08 Å². The molecule has 4 nitrogen and oxygen atoms in total. The smallest absolute Gasteiger partial charge is 0.250 e. The maximum absolute atomic E-state index is 10.3. The van der Waals surface area contributed by atoms with Gasteiger partial charge in [-0.1, -0.05) is 99.9 Å². The molecule has 0 aliphatic rings. The third kappa shape index (κ3) is 5.19. The summed E-state index contributed by atoms with van der Waals surface area (Å²) in [6.07, 6.45) is 3.70. The molecule has 0 spiro atoms. The molecule has 0 radical (unpaired) electrons. The number of hydrogen-bond acceptors (Lipinski definition) is 4. The number of halogens is 6. The van der Waals surface area contributed by atoms with Gasteiger partial charge in [-0.15, -0.1) is 0 Å². The highest BCUT2D eigenvalue weighted by Crippen LogP contribution is 2.40. The van der Waals surface area contributed by atoms with Crippen LogP contribution in [0.3, 0.4) is 0 Å². The maximum Gasteiger partial charge on any atom is 0.250 e. The van der Waals surface area contributed by atoms with E-state index in [1.807, 2.05) is 0 Å². The van der Waals surface area contributed by atoms with E-state index in [-0.39, 0.29) is 17.5 Å². The number of carbonyl (C=O) groups is 1. The lowest BCUT2D eigenvalue weighted by atomic mass is 10.1. The quantitative estimate of drug-likeness (QED) is 0.360. The molecule has 2 rings (SSSR count). The van der Waals surface area contributed by atoms with E-state index >= 15 is 0 Å². The number of carbonyl (C=O) groups excluding carboxylic acids is 1. The zero-order valence-electron chi connectivity index (χ0n) is 11.6. The molecule has 24 heavy (non-hydrogen) atoms. The van der Waals surface area contributed by atoms with E-state index in [1.54, 1.807) is 30.3 Å². The standard InChI is InChI=1S/C14H7Cl6N3O/c15-13(16,17)11-21-10(22-12(23-11)14(18,19)20)9-5-3-8(4-6-9)2-1-7-24/h1-7H. The van der Waals surface area contributed by atoms with Crippen molar-refractivity contribution in [2.45, 2.75) is 7.59 Å². The summed E-state index contributed by atoms with van der Waals surface area (Å²) in [5.41, 5.74) is 1.40. The van der Waals surface area contributed by atoms with Crippen molar-refractivity contribution < 1.29 is 4.79 Å². The lowest BCUT2D eigenvalue weighted by molar-refractivity contribution is -0.104. The van der Waals surface area contributed by atoms with Gasteiger partial charge in [0.1, 0.15) is 6.29 Å². The van der Waals surface area contributed by atoms with Crippen LogP contribution < -0.4 is 0 Å². The summed E-state index contributed by atoms with van der Waals surface area (Å²) in [6.45, 7) is 0. The molecule has 0 fully saturated rings. The minimum atomic E-state index is -1.91. The second-order valence-electron chi connectivity index (χ2n) is 4.42. The summed E-state index contributed by atoms with van der Waals surface area (Å²) in [5.74, 6) is -0.147. The highest BCUT2D eigenvalue weighted by atomic mass is 35.6. The molecular weight excluding hydrogens is 439 g/mol. The molecule has 0 saturated heterocycles. The first kappa shape index (κ1) is 19.7. The summed E-state index contributed by atoms with van der Waals surface area (Å²) in [7, 11) is 0. The molecule has 1 heterocycles. The number of nitrogens with zero attached hydrogens (tertiary/aromatic N) is 3. The van der Waals surface area contributed by atoms with E-state index in [0.29, 0.717) is 11.8 Å². The van der Waals surface area contributed by atoms with Crippen molar-refractivity contribution in [3.05, 3.63) is 47.6 Å². The molecule has 0 bridgehead atoms. The zero-order valence-corrected chi connectivity index (χ0v) is 16.1. The summed E-state index contributed by atoms with van der Waals surface area (Å²) < 4.78 is -3.82. The van der Waals surface area contributed by atoms with Gasteiger partial charge in [0.25, 0.3) is 0 Å². The van der Waals surface area contributed by atoms with Crippen LogP contribution in [-0.2, 0) is 12.4 Å². The highest BCUT2D eigenvalue weighted by molar-refractivity contribution is 6.67. The van der Waals surface area contributed by atoms with Crippen molar-refractivity contribution in [2.75, 3.05) is 0 Å². The first-order valence-electron chi connectivity index (χ1n) is 6.24. The fourth-order valence-electron chi connectivity index (χ4n) is 1.65. The van der Waals surface area contributed by atoms with Crippen LogP contribution in [0.1, 0.15) is 17.2 Å². The van der Waals surface area contributed by atoms with Crippen LogP contribution in [0.5, 0.6) is 0 Å². The molecule has 1 aromatic heterocycles. The second-order valence-corrected chi connectivity index (χ2v) is 8.98. The van der Waals surface area contributed by atoms with Crippen LogP contribution in [0.15, 0.2) is 30.3 Å². The number of rotatable bonds is 3. The number of aldehydes is 1. The SMILES string of the molecule is O=CC=Cc1ccc(-c2nc(C(Cl)(Cl)Cl)nc(C(Cl)(Cl)Cl)n2)cc1. The predicted octanol–water partition coefficient (Wildman–Crippen LogP) is 5.40. The van der Waals surface area contributed by atoms with Gasteiger partial charge in [-0.05, 0) is 11.6 Å². The minimum absolute atomic E-state index is 0.163. The first-order chi connectivity index (χ1) is 11.1. The third-order valence-corrected chi connectivity index (χ3v) is 3.69. The predicted molar refractivity (Wildman–Crippen MR) is 98.8 cm³/mol. The van der Waals surface area contributed by atoms with Crippen LogP contribution >= 0.6 is 69.6 Å². The molecule has 1 aromatic carbocycles. The van der Waals surface area contributed by atoms with Gasteiger partial charge in [0, 0.05) is 5.56 Å². The Morgan fingerprint density at radius 2 is 1.29 bits per heavy atom. The average Bonchev–Trinajstić information content (AvgIpc) is 2.51. The Bertz CT molecular complexity index is 733. The van der Waals surface area contributed by atoms with Crippen molar-refractivity contribution in [3.8, 4) is 11.4 Å². The van der Waals surface area contributed by atoms with Crippen molar-refractivity contribution >= 4 is 82.0 Å². The normalized spacial score (nSPS) is 12.6. The zero-order chi connectivity index (χ0) is 18.0. The Balaban J connectivity index is 2.53. The third-order valence-electron chi connectivity index (χ3n) is 2.68. The molecule has 10 heteroatoms. The Kier molecular flexibility index (Phi) is 6.35. The fraction of sp³-hybridized carbons (Fsp3) is 0.143. The Labute approximate surface area is 167 Å². The van der Waals surface area contributed by atoms with E-state index in [4.69, 9.17) is 69.6 Å². The van der Waals surface area contributed by atoms with Crippen molar-refractivity contribution in [3.63, 3.8) is 0 Å². The van der Waals surface area contributed by atoms with E-state index < -0.39 is 7.59 Å². The number of allylic oxidation sites excluding steroid dienone is 1. The molecule has 0 atom stereocenters. The maximum atomic E-state index is 10.3. The van der Waals surface area contributed by atoms with Gasteiger partial charge >= 0.3 is 0 Å². The fourth-order valence-corrected chi connectivity index (χ4v) is 2.16. The number of benzene rings is 1. The van der Waals surface area contributed by atoms with Crippen molar-refractivity contribution in [1.29, 1.82) is 0 Å². The Morgan fingerprint density at radius 3 is 1.71 bits per heavy atom. The largest absolute Gasteiger partial charge is 0.299 e. The summed E-state index contributed by atoms with van der Waals surface area (Å²) in [5, 5.41) is 0. The van der Waals surface area contributed by atoms with Crippen LogP contribution in [0, 0.1) is 0 Å². The molecule has 126 valence electrons. The monoisotopic (exact) mass is 443 g/mol. The van der Waals surface area contributed by atoms with Gasteiger partial charge in [0.05, 0.1) is 0 Å². The van der Waals surface area contributed by atoms with Crippen LogP contribution in [0.25, 0.3) is 17.5 Å². The summed E-state index contributed by atoms with van der Waals surface area (Å²) >= 11 is 35.0. The lowest BCUT2D eigenvalue weighted by Gasteiger charge is -2.15. The molecule has 0 amide bonds. The van der Waals surface area contributed by atoms with Gasteiger partial charge < -0.3 is 0 Å². The van der Waals surface area contributed by atoms with Gasteiger partial charge in [-0.3, -0.25) is 4.79 Å². The molecule has 0 unspecified atom stereocenters. The summed E-state index contributed by atoms with van der Waals surface area (Å²) in [6, 6.07) is 6.93. The molecule has 0 aliphatic heterocycles.